The van der Waals surface area contributed by atoms with Crippen molar-refractivity contribution in [1.82, 2.24) is 0 Å². The summed E-state index contributed by atoms with van der Waals surface area (Å²) >= 11 is 0. The number of hydrogen-bond donors (Lipinski definition) is 0. The molecule has 0 saturated carbocycles. The fraction of sp³-hybridized carbons (Fsp3) is 0.250. The molecule has 0 aliphatic rings. The molecule has 40 valence electrons. The first kappa shape index (κ1) is 10.1. The number of methoxy groups -OCH3 is 1. The van der Waals surface area contributed by atoms with Crippen LogP contribution in [0.2, 0.25) is 0 Å². The van der Waals surface area contributed by atoms with Gasteiger partial charge in [-0.1, -0.05) is 6.58 Å². The van der Waals surface area contributed by atoms with E-state index < -0.39 is 5.97 Å². The molecule has 0 fully saturated rings. The summed E-state index contributed by atoms with van der Waals surface area (Å²) in [5.41, 5.74) is 0. The molecule has 0 aromatic heterocycles. The fourth-order valence-electron chi connectivity index (χ4n) is 0.0833. The Labute approximate surface area is 61.3 Å². The molecule has 3 heteroatoms. The van der Waals surface area contributed by atoms with Crippen LogP contribution in [0.5, 0.6) is 0 Å². The Morgan fingerprint density at radius 2 is 2.29 bits per heavy atom. The van der Waals surface area contributed by atoms with Crippen LogP contribution < -0.4 is 0 Å². The molecule has 0 aromatic carbocycles. The number of rotatable bonds is 1. The van der Waals surface area contributed by atoms with E-state index in [2.05, 4.69) is 11.3 Å². The first-order valence-electron chi connectivity index (χ1n) is 1.51. The zero-order valence-electron chi connectivity index (χ0n) is 3.60. The van der Waals surface area contributed by atoms with E-state index in [1.165, 1.54) is 7.11 Å². The predicted molar refractivity (Wildman–Crippen MR) is 32.2 cm³/mol. The number of hydrogen-bond acceptors (Lipinski definition) is 2. The molecule has 0 saturated heterocycles. The van der Waals surface area contributed by atoms with E-state index in [0.29, 0.717) is 0 Å². The summed E-state index contributed by atoms with van der Waals surface area (Å²) < 4.78 is 4.14. The molecule has 2 nitrogen and oxygen atoms in total. The van der Waals surface area contributed by atoms with Crippen LogP contribution in [0.3, 0.4) is 0 Å². The monoisotopic (exact) mass is 204 g/mol. The molecule has 0 atom stereocenters. The van der Waals surface area contributed by atoms with Crippen molar-refractivity contribution < 1.29 is 9.53 Å². The van der Waals surface area contributed by atoms with E-state index in [1.807, 2.05) is 0 Å². The Kier molecular flexibility index (Phi) is 8.81. The molecule has 0 unspecified atom stereocenters. The molecule has 0 spiro atoms. The predicted octanol–water partition coefficient (Wildman–Crippen LogP) is -0.839. The van der Waals surface area contributed by atoms with Gasteiger partial charge >= 0.3 is 31.8 Å². The summed E-state index contributed by atoms with van der Waals surface area (Å²) in [4.78, 5) is 9.84. The average Bonchev–Trinajstić information content (AvgIpc) is 1.65. The van der Waals surface area contributed by atoms with Gasteiger partial charge in [-0.2, -0.15) is 0 Å². The van der Waals surface area contributed by atoms with E-state index in [4.69, 9.17) is 0 Å². The summed E-state index contributed by atoms with van der Waals surface area (Å²) in [5.74, 6) is -0.394. The van der Waals surface area contributed by atoms with Crippen LogP contribution in [0, 0.1) is 0 Å². The third-order valence-corrected chi connectivity index (χ3v) is 0.368. The standard InChI is InChI=1S/C4H6O2.In.3H/c1-3-4(5)6-2;;;;/h3H,1H2,2H3;;;;. The third kappa shape index (κ3) is 6.08. The number of ether oxygens (including phenoxy) is 1. The topological polar surface area (TPSA) is 26.3 Å². The van der Waals surface area contributed by atoms with E-state index in [-0.39, 0.29) is 25.8 Å². The van der Waals surface area contributed by atoms with Crippen molar-refractivity contribution in [2.45, 2.75) is 0 Å². The van der Waals surface area contributed by atoms with Gasteiger partial charge in [-0.3, -0.25) is 0 Å². The van der Waals surface area contributed by atoms with Gasteiger partial charge in [0.05, 0.1) is 7.11 Å². The van der Waals surface area contributed by atoms with E-state index in [9.17, 15) is 4.79 Å². The Morgan fingerprint density at radius 3 is 2.29 bits per heavy atom. The maximum absolute atomic E-state index is 9.84. The third-order valence-electron chi connectivity index (χ3n) is 0.368. The second kappa shape index (κ2) is 6.08. The summed E-state index contributed by atoms with van der Waals surface area (Å²) in [6.07, 6.45) is 1.11. The van der Waals surface area contributed by atoms with Crippen LogP contribution in [0.4, 0.5) is 0 Å². The molecule has 0 radical (unpaired) electrons. The zero-order valence-corrected chi connectivity index (χ0v) is 3.60. The Balaban J connectivity index is 0. The second-order valence-electron chi connectivity index (χ2n) is 0.727. The average molecular weight is 204 g/mol. The molecule has 0 amide bonds. The van der Waals surface area contributed by atoms with Gasteiger partial charge in [0.25, 0.3) is 0 Å². The Bertz CT molecular complexity index is 70.1. The zero-order chi connectivity index (χ0) is 4.99. The van der Waals surface area contributed by atoms with Crippen molar-refractivity contribution in [3.05, 3.63) is 12.7 Å². The maximum atomic E-state index is 9.84. The summed E-state index contributed by atoms with van der Waals surface area (Å²) in [6, 6.07) is 0. The Hall–Kier alpha value is 0.0801. The van der Waals surface area contributed by atoms with Crippen molar-refractivity contribution >= 4 is 31.8 Å². The number of esters is 1. The number of carbonyl (C=O) groups is 1. The molecular formula is C4H9InO2. The molecule has 0 aliphatic carbocycles. The van der Waals surface area contributed by atoms with Gasteiger partial charge in [0.15, 0.2) is 0 Å². The van der Waals surface area contributed by atoms with Crippen molar-refractivity contribution in [1.29, 1.82) is 0 Å². The molecule has 0 bridgehead atoms. The van der Waals surface area contributed by atoms with Crippen LogP contribution in [-0.4, -0.2) is 38.9 Å². The van der Waals surface area contributed by atoms with E-state index in [1.54, 1.807) is 0 Å². The molecule has 7 heavy (non-hydrogen) atoms. The van der Waals surface area contributed by atoms with E-state index in [0.717, 1.165) is 6.08 Å². The molecule has 0 aromatic rings. The first-order valence-corrected chi connectivity index (χ1v) is 1.51. The van der Waals surface area contributed by atoms with Crippen LogP contribution in [0.1, 0.15) is 0 Å². The van der Waals surface area contributed by atoms with Crippen molar-refractivity contribution in [3.8, 4) is 0 Å². The van der Waals surface area contributed by atoms with Gasteiger partial charge in [0, 0.05) is 6.08 Å². The van der Waals surface area contributed by atoms with Gasteiger partial charge in [0.2, 0.25) is 0 Å². The molecular weight excluding hydrogens is 195 g/mol. The van der Waals surface area contributed by atoms with Gasteiger partial charge < -0.3 is 4.74 Å². The van der Waals surface area contributed by atoms with Crippen LogP contribution in [0.15, 0.2) is 12.7 Å². The quantitative estimate of drug-likeness (QED) is 0.411. The SMILES string of the molecule is C=CC(=O)OC.[InH3]. The minimum absolute atomic E-state index is 0. The van der Waals surface area contributed by atoms with Crippen molar-refractivity contribution in [3.63, 3.8) is 0 Å². The van der Waals surface area contributed by atoms with Crippen LogP contribution in [0.25, 0.3) is 0 Å². The summed E-state index contributed by atoms with van der Waals surface area (Å²) in [6.45, 7) is 3.16. The molecule has 0 aliphatic heterocycles. The van der Waals surface area contributed by atoms with Crippen molar-refractivity contribution in [2.24, 2.45) is 0 Å². The van der Waals surface area contributed by atoms with E-state index >= 15 is 0 Å². The molecule has 0 N–H and O–H groups in total. The van der Waals surface area contributed by atoms with Gasteiger partial charge in [-0.15, -0.1) is 0 Å². The minimum atomic E-state index is -0.394. The second-order valence-corrected chi connectivity index (χ2v) is 0.727. The van der Waals surface area contributed by atoms with Gasteiger partial charge in [-0.25, -0.2) is 4.79 Å². The summed E-state index contributed by atoms with van der Waals surface area (Å²) in [5, 5.41) is 0. The summed E-state index contributed by atoms with van der Waals surface area (Å²) in [7, 11) is 1.31. The Morgan fingerprint density at radius 1 is 1.86 bits per heavy atom. The van der Waals surface area contributed by atoms with Gasteiger partial charge in [0.1, 0.15) is 0 Å². The van der Waals surface area contributed by atoms with Crippen LogP contribution in [-0.2, 0) is 9.53 Å². The van der Waals surface area contributed by atoms with Crippen LogP contribution >= 0.6 is 0 Å². The first-order chi connectivity index (χ1) is 2.81. The normalized spacial score (nSPS) is 5.86. The molecule has 0 rings (SSSR count). The van der Waals surface area contributed by atoms with Gasteiger partial charge in [-0.05, 0) is 0 Å². The molecule has 0 heterocycles. The fourth-order valence-corrected chi connectivity index (χ4v) is 0.0833. The van der Waals surface area contributed by atoms with Crippen molar-refractivity contribution in [2.75, 3.05) is 7.11 Å². The number of carbonyl (C=O) groups excluding carboxylic acids is 1.